The maximum Gasteiger partial charge on any atom is 0.308 e. The van der Waals surface area contributed by atoms with Crippen molar-refractivity contribution in [2.24, 2.45) is 5.92 Å². The zero-order chi connectivity index (χ0) is 44.0. The first-order valence-electron chi connectivity index (χ1n) is 23.1. The number of carbonyl (C=O) groups is 1. The van der Waals surface area contributed by atoms with E-state index in [1.807, 2.05) is 0 Å². The molecule has 1 saturated carbocycles. The van der Waals surface area contributed by atoms with Gasteiger partial charge in [-0.25, -0.2) is 0 Å². The molecule has 328 valence electrons. The minimum atomic E-state index is -2.99. The topological polar surface area (TPSA) is 54.0 Å². The molecule has 7 rings (SSSR count). The van der Waals surface area contributed by atoms with E-state index in [1.165, 1.54) is 26.3 Å². The lowest BCUT2D eigenvalue weighted by Gasteiger charge is -2.48. The summed E-state index contributed by atoms with van der Waals surface area (Å²) in [5, 5.41) is 4.50. The first-order valence-corrected chi connectivity index (χ1v) is 26.9. The number of hydrogen-bond donors (Lipinski definition) is 0. The van der Waals surface area contributed by atoms with E-state index in [9.17, 15) is 4.79 Å². The van der Waals surface area contributed by atoms with Crippen LogP contribution in [0.4, 0.5) is 0 Å². The van der Waals surface area contributed by atoms with E-state index in [2.05, 4.69) is 207 Å². The van der Waals surface area contributed by atoms with Gasteiger partial charge in [-0.05, 0) is 73.9 Å². The van der Waals surface area contributed by atoms with Crippen LogP contribution in [-0.4, -0.2) is 53.6 Å². The van der Waals surface area contributed by atoms with Crippen molar-refractivity contribution >= 4 is 43.4 Å². The molecule has 0 spiro atoms. The first kappa shape index (κ1) is 45.9. The third-order valence-corrected chi connectivity index (χ3v) is 24.1. The average Bonchev–Trinajstić information content (AvgIpc) is 3.27. The maximum atomic E-state index is 14.6. The van der Waals surface area contributed by atoms with Gasteiger partial charge >= 0.3 is 5.97 Å². The minimum absolute atomic E-state index is 0.119. The van der Waals surface area contributed by atoms with Gasteiger partial charge in [-0.3, -0.25) is 4.79 Å². The Kier molecular flexibility index (Phi) is 14.3. The summed E-state index contributed by atoms with van der Waals surface area (Å²) in [5.74, 6) is 0.00648. The van der Waals surface area contributed by atoms with Crippen LogP contribution in [0.15, 0.2) is 152 Å². The van der Waals surface area contributed by atoms with Crippen molar-refractivity contribution in [3.8, 4) is 0 Å². The Labute approximate surface area is 374 Å². The van der Waals surface area contributed by atoms with Gasteiger partial charge in [0.1, 0.15) is 6.10 Å². The highest BCUT2D eigenvalue weighted by atomic mass is 28.4. The van der Waals surface area contributed by atoms with E-state index in [1.54, 1.807) is 0 Å². The normalized spacial score (nSPS) is 21.6. The highest BCUT2D eigenvalue weighted by Gasteiger charge is 2.54. The fraction of sp³-hybridized carbons (Fsp3) is 0.436. The second-order valence-electron chi connectivity index (χ2n) is 20.4. The van der Waals surface area contributed by atoms with E-state index in [4.69, 9.17) is 18.3 Å². The average molecular weight is 867 g/mol. The summed E-state index contributed by atoms with van der Waals surface area (Å²) in [4.78, 5) is 14.6. The zero-order valence-electron chi connectivity index (χ0n) is 38.5. The third kappa shape index (κ3) is 9.53. The van der Waals surface area contributed by atoms with Crippen LogP contribution < -0.4 is 20.7 Å². The molecule has 0 amide bonds. The van der Waals surface area contributed by atoms with Gasteiger partial charge in [-0.1, -0.05) is 213 Å². The Balaban J connectivity index is 1.22. The van der Waals surface area contributed by atoms with Gasteiger partial charge < -0.3 is 18.3 Å². The number of esters is 1. The fourth-order valence-electron chi connectivity index (χ4n) is 10.8. The van der Waals surface area contributed by atoms with Crippen LogP contribution in [0.5, 0.6) is 0 Å². The molecule has 5 aromatic carbocycles. The molecule has 2 aliphatic rings. The molecule has 0 radical (unpaired) electrons. The second-order valence-corrected chi connectivity index (χ2v) is 28.9. The molecule has 62 heavy (non-hydrogen) atoms. The zero-order valence-corrected chi connectivity index (χ0v) is 40.5. The third-order valence-electron chi connectivity index (χ3n) is 14.0. The first-order chi connectivity index (χ1) is 29.7. The van der Waals surface area contributed by atoms with E-state index >= 15 is 0 Å². The van der Waals surface area contributed by atoms with Crippen LogP contribution in [0.1, 0.15) is 106 Å². The molecule has 7 heteroatoms. The predicted molar refractivity (Wildman–Crippen MR) is 260 cm³/mol. The summed E-state index contributed by atoms with van der Waals surface area (Å²) in [6.07, 6.45) is 4.46. The minimum Gasteiger partial charge on any atom is -0.462 e. The number of hydrogen-bond acceptors (Lipinski definition) is 5. The smallest absolute Gasteiger partial charge is 0.308 e. The van der Waals surface area contributed by atoms with Gasteiger partial charge in [0.25, 0.3) is 16.6 Å². The van der Waals surface area contributed by atoms with Gasteiger partial charge in [0.05, 0.1) is 31.3 Å². The second kappa shape index (κ2) is 19.3. The number of carbonyl (C=O) groups excluding carboxylic acids is 1. The van der Waals surface area contributed by atoms with Gasteiger partial charge in [-0.2, -0.15) is 0 Å². The molecule has 0 aromatic heterocycles. The van der Waals surface area contributed by atoms with Crippen molar-refractivity contribution in [1.29, 1.82) is 0 Å². The molecule has 5 nitrogen and oxygen atoms in total. The van der Waals surface area contributed by atoms with E-state index in [0.29, 0.717) is 6.61 Å². The molecular weight excluding hydrogens is 797 g/mol. The Morgan fingerprint density at radius 2 is 0.984 bits per heavy atom. The standard InChI is InChI=1S/C55H70O5Si2/c1-53(2,3)61(44-28-16-10-17-29-44,45-30-18-11-19-31-45)57-41-43-38-39-50(60-62(54(4,5)6,46-32-20-12-21-33-46)47-34-22-13-23-35-47)51(58-43)40-52(56)59-49-37-25-24-36-48(49)55(7,8)42-26-14-9-15-27-42/h9-23,26-35,43,48-51H,24-25,36-41H2,1-8H3/t43-,48?,49?,50-,51-/m1/s1. The fourth-order valence-corrected chi connectivity index (χ4v) is 20.1. The summed E-state index contributed by atoms with van der Waals surface area (Å²) >= 11 is 0. The molecule has 1 aliphatic carbocycles. The summed E-state index contributed by atoms with van der Waals surface area (Å²) in [7, 11) is -5.82. The Hall–Kier alpha value is -4.12. The Morgan fingerprint density at radius 3 is 1.45 bits per heavy atom. The van der Waals surface area contributed by atoms with Crippen LogP contribution in [-0.2, 0) is 28.5 Å². The molecule has 0 bridgehead atoms. The van der Waals surface area contributed by atoms with E-state index in [0.717, 1.165) is 38.5 Å². The number of rotatable bonds is 14. The molecule has 5 aromatic rings. The lowest BCUT2D eigenvalue weighted by molar-refractivity contribution is -0.168. The molecule has 1 heterocycles. The molecule has 2 unspecified atom stereocenters. The molecular formula is C55H70O5Si2. The van der Waals surface area contributed by atoms with E-state index < -0.39 is 22.7 Å². The van der Waals surface area contributed by atoms with Crippen LogP contribution >= 0.6 is 0 Å². The van der Waals surface area contributed by atoms with Crippen molar-refractivity contribution < 1.29 is 23.1 Å². The molecule has 2 fully saturated rings. The number of ether oxygens (including phenoxy) is 2. The summed E-state index contributed by atoms with van der Waals surface area (Å²) < 4.78 is 29.2. The van der Waals surface area contributed by atoms with Gasteiger partial charge in [-0.15, -0.1) is 0 Å². The summed E-state index contributed by atoms with van der Waals surface area (Å²) in [5.41, 5.74) is 1.14. The summed E-state index contributed by atoms with van der Waals surface area (Å²) in [6.45, 7) is 18.9. The van der Waals surface area contributed by atoms with Crippen molar-refractivity contribution in [3.05, 3.63) is 157 Å². The SMILES string of the molecule is CC(C)(c1ccccc1)C1CCCCC1OC(=O)C[C@H]1O[C@@H](CO[Si](c2ccccc2)(c2ccccc2)C(C)(C)C)CC[C@H]1O[Si](c1ccccc1)(c1ccccc1)C(C)(C)C. The molecule has 1 saturated heterocycles. The van der Waals surface area contributed by atoms with Crippen molar-refractivity contribution in [2.45, 2.75) is 140 Å². The van der Waals surface area contributed by atoms with E-state index in [-0.39, 0.29) is 52.1 Å². The highest BCUT2D eigenvalue weighted by Crippen LogP contribution is 2.44. The maximum absolute atomic E-state index is 14.6. The predicted octanol–water partition coefficient (Wildman–Crippen LogP) is 10.5. The van der Waals surface area contributed by atoms with Crippen molar-refractivity contribution in [3.63, 3.8) is 0 Å². The monoisotopic (exact) mass is 866 g/mol. The summed E-state index contributed by atoms with van der Waals surface area (Å²) in [6, 6.07) is 53.9. The van der Waals surface area contributed by atoms with Crippen LogP contribution in [0.3, 0.4) is 0 Å². The number of benzene rings is 5. The van der Waals surface area contributed by atoms with Gasteiger partial charge in [0.15, 0.2) is 0 Å². The Morgan fingerprint density at radius 1 is 0.548 bits per heavy atom. The quantitative estimate of drug-likeness (QED) is 0.0822. The Bertz CT molecular complexity index is 2070. The van der Waals surface area contributed by atoms with Crippen LogP contribution in [0, 0.1) is 5.92 Å². The largest absolute Gasteiger partial charge is 0.462 e. The van der Waals surface area contributed by atoms with Gasteiger partial charge in [0, 0.05) is 5.92 Å². The lowest BCUT2D eigenvalue weighted by atomic mass is 9.66. The molecule has 5 atom stereocenters. The van der Waals surface area contributed by atoms with Crippen molar-refractivity contribution in [1.82, 2.24) is 0 Å². The lowest BCUT2D eigenvalue weighted by Crippen LogP contribution is -2.69. The molecule has 0 N–H and O–H groups in total. The van der Waals surface area contributed by atoms with Gasteiger partial charge in [0.2, 0.25) is 0 Å². The van der Waals surface area contributed by atoms with Crippen molar-refractivity contribution in [2.75, 3.05) is 6.61 Å². The highest BCUT2D eigenvalue weighted by molar-refractivity contribution is 7.00. The van der Waals surface area contributed by atoms with Crippen LogP contribution in [0.2, 0.25) is 10.1 Å². The molecule has 1 aliphatic heterocycles. The van der Waals surface area contributed by atoms with Crippen LogP contribution in [0.25, 0.3) is 0 Å².